The van der Waals surface area contributed by atoms with Gasteiger partial charge < -0.3 is 23.7 Å². The third kappa shape index (κ3) is 5.13. The van der Waals surface area contributed by atoms with Crippen molar-refractivity contribution in [1.82, 2.24) is 24.7 Å². The van der Waals surface area contributed by atoms with E-state index in [-0.39, 0.29) is 23.2 Å². The maximum absolute atomic E-state index is 13.5. The third-order valence-corrected chi connectivity index (χ3v) is 7.87. The summed E-state index contributed by atoms with van der Waals surface area (Å²) in [6.45, 7) is 3.18. The van der Waals surface area contributed by atoms with Crippen LogP contribution in [0.2, 0.25) is 0 Å². The van der Waals surface area contributed by atoms with Gasteiger partial charge in [-0.3, -0.25) is 9.55 Å². The first kappa shape index (κ1) is 26.1. The van der Waals surface area contributed by atoms with Gasteiger partial charge in [-0.15, -0.1) is 10.2 Å². The molecule has 0 spiro atoms. The van der Waals surface area contributed by atoms with Crippen molar-refractivity contribution in [2.75, 3.05) is 21.3 Å². The predicted molar refractivity (Wildman–Crippen MR) is 133 cm³/mol. The Kier molecular flexibility index (Phi) is 7.45. The minimum atomic E-state index is -3.99. The summed E-state index contributed by atoms with van der Waals surface area (Å²) < 4.78 is 50.3. The molecule has 0 radical (unpaired) electrons. The molecule has 1 N–H and O–H groups in total. The molecule has 0 fully saturated rings. The number of hydrogen-bond acceptors (Lipinski definition) is 11. The molecule has 0 aliphatic rings. The van der Waals surface area contributed by atoms with Crippen LogP contribution in [-0.2, 0) is 15.6 Å². The molecule has 37 heavy (non-hydrogen) atoms. The molecule has 0 unspecified atom stereocenters. The van der Waals surface area contributed by atoms with Crippen molar-refractivity contribution < 1.29 is 32.2 Å². The summed E-state index contributed by atoms with van der Waals surface area (Å²) in [7, 11) is 0.415. The molecule has 4 aromatic rings. The lowest BCUT2D eigenvalue weighted by Crippen LogP contribution is -2.28. The zero-order chi connectivity index (χ0) is 26.7. The molecule has 0 amide bonds. The van der Waals surface area contributed by atoms with Crippen molar-refractivity contribution >= 4 is 9.84 Å². The summed E-state index contributed by atoms with van der Waals surface area (Å²) >= 11 is 0. The van der Waals surface area contributed by atoms with E-state index in [2.05, 4.69) is 20.2 Å². The number of aliphatic hydroxyl groups excluding tert-OH is 1. The van der Waals surface area contributed by atoms with Gasteiger partial charge in [-0.1, -0.05) is 6.07 Å². The molecule has 0 aliphatic carbocycles. The lowest BCUT2D eigenvalue weighted by molar-refractivity contribution is 0.170. The van der Waals surface area contributed by atoms with Crippen LogP contribution in [0.4, 0.5) is 0 Å². The monoisotopic (exact) mass is 529 g/mol. The molecule has 0 bridgehead atoms. The van der Waals surface area contributed by atoms with Gasteiger partial charge in [0.05, 0.1) is 44.7 Å². The molecule has 3 heterocycles. The summed E-state index contributed by atoms with van der Waals surface area (Å²) in [4.78, 5) is 8.06. The van der Waals surface area contributed by atoms with Crippen molar-refractivity contribution in [2.24, 2.45) is 0 Å². The average Bonchev–Trinajstić information content (AvgIpc) is 3.52. The van der Waals surface area contributed by atoms with Crippen LogP contribution in [0.25, 0.3) is 17.3 Å². The Bertz CT molecular complexity index is 1460. The molecule has 1 aromatic carbocycles. The molecular weight excluding hydrogens is 502 g/mol. The lowest BCUT2D eigenvalue weighted by atomic mass is 10.2. The minimum Gasteiger partial charge on any atom is -0.494 e. The number of rotatable bonds is 10. The molecule has 3 aromatic heterocycles. The number of hydrogen-bond donors (Lipinski definition) is 1. The normalized spacial score (nSPS) is 13.2. The zero-order valence-electron chi connectivity index (χ0n) is 20.9. The number of para-hydroxylation sites is 1. The number of ether oxygens (including phenoxy) is 3. The van der Waals surface area contributed by atoms with Crippen molar-refractivity contribution in [3.8, 4) is 34.7 Å². The second-order valence-corrected chi connectivity index (χ2v) is 10.5. The van der Waals surface area contributed by atoms with Crippen LogP contribution in [0.3, 0.4) is 0 Å². The second-order valence-electron chi connectivity index (χ2n) is 8.14. The Hall–Kier alpha value is -3.97. The molecule has 0 saturated carbocycles. The van der Waals surface area contributed by atoms with Gasteiger partial charge in [0.2, 0.25) is 11.7 Å². The highest BCUT2D eigenvalue weighted by Crippen LogP contribution is 2.37. The van der Waals surface area contributed by atoms with Gasteiger partial charge >= 0.3 is 0 Å². The van der Waals surface area contributed by atoms with Gasteiger partial charge in [-0.05, 0) is 38.1 Å². The van der Waals surface area contributed by atoms with E-state index in [1.54, 1.807) is 37.3 Å². The van der Waals surface area contributed by atoms with E-state index in [9.17, 15) is 13.5 Å². The Labute approximate surface area is 213 Å². The standard InChI is InChI=1S/C24H27N5O7S/c1-14-9-10-19(36-14)24-28-27-20(29(24)22-17(33-3)7-6-8-18(22)34-4)13-37(31,32)15(2)23(30)16-11-26-21(35-5)12-25-16/h6-12,15,23,30H,13H2,1-5H3/t15-,23-/m0/s1. The number of benzene rings is 1. The molecule has 13 heteroatoms. The smallest absolute Gasteiger partial charge is 0.231 e. The number of nitrogens with zero attached hydrogens (tertiary/aromatic N) is 5. The highest BCUT2D eigenvalue weighted by Gasteiger charge is 2.34. The molecule has 12 nitrogen and oxygen atoms in total. The molecule has 4 rings (SSSR count). The SMILES string of the molecule is COc1cnc([C@@H](O)[C@H](C)S(=O)(=O)Cc2nnc(-c3ccc(C)o3)n2-c2c(OC)cccc2OC)cn1. The maximum Gasteiger partial charge on any atom is 0.231 e. The van der Waals surface area contributed by atoms with Crippen LogP contribution in [0.1, 0.15) is 30.3 Å². The van der Waals surface area contributed by atoms with Crippen LogP contribution >= 0.6 is 0 Å². The van der Waals surface area contributed by atoms with Gasteiger partial charge in [0.15, 0.2) is 21.4 Å². The first-order valence-electron chi connectivity index (χ1n) is 11.2. The summed E-state index contributed by atoms with van der Waals surface area (Å²) in [6, 6.07) is 8.64. The predicted octanol–water partition coefficient (Wildman–Crippen LogP) is 2.69. The van der Waals surface area contributed by atoms with Crippen LogP contribution in [-0.4, -0.2) is 64.8 Å². The molecule has 0 saturated heterocycles. The molecule has 196 valence electrons. The van der Waals surface area contributed by atoms with Gasteiger partial charge in [-0.25, -0.2) is 13.4 Å². The quantitative estimate of drug-likeness (QED) is 0.323. The number of aryl methyl sites for hydroxylation is 1. The van der Waals surface area contributed by atoms with E-state index >= 15 is 0 Å². The minimum absolute atomic E-state index is 0.0757. The second kappa shape index (κ2) is 10.6. The summed E-state index contributed by atoms with van der Waals surface area (Å²) in [5.41, 5.74) is 0.498. The van der Waals surface area contributed by atoms with E-state index in [0.717, 1.165) is 0 Å². The molecule has 2 atom stereocenters. The largest absolute Gasteiger partial charge is 0.494 e. The fourth-order valence-corrected chi connectivity index (χ4v) is 5.09. The first-order chi connectivity index (χ1) is 17.7. The van der Waals surface area contributed by atoms with Crippen LogP contribution < -0.4 is 14.2 Å². The lowest BCUT2D eigenvalue weighted by Gasteiger charge is -2.20. The number of aromatic nitrogens is 5. The first-order valence-corrected chi connectivity index (χ1v) is 12.9. The van der Waals surface area contributed by atoms with Crippen molar-refractivity contribution in [1.29, 1.82) is 0 Å². The fourth-order valence-electron chi connectivity index (χ4n) is 3.74. The summed E-state index contributed by atoms with van der Waals surface area (Å²) in [5.74, 6) is 1.86. The van der Waals surface area contributed by atoms with E-state index < -0.39 is 26.9 Å². The van der Waals surface area contributed by atoms with Gasteiger partial charge in [0.1, 0.15) is 34.8 Å². The topological polar surface area (TPSA) is 152 Å². The zero-order valence-corrected chi connectivity index (χ0v) is 21.8. The van der Waals surface area contributed by atoms with E-state index in [1.807, 2.05) is 0 Å². The Morgan fingerprint density at radius 2 is 1.70 bits per heavy atom. The van der Waals surface area contributed by atoms with Gasteiger partial charge in [0, 0.05) is 0 Å². The maximum atomic E-state index is 13.5. The van der Waals surface area contributed by atoms with Crippen molar-refractivity contribution in [3.05, 3.63) is 60.0 Å². The average molecular weight is 530 g/mol. The Morgan fingerprint density at radius 3 is 2.24 bits per heavy atom. The van der Waals surface area contributed by atoms with Gasteiger partial charge in [-0.2, -0.15) is 0 Å². The summed E-state index contributed by atoms with van der Waals surface area (Å²) in [6.07, 6.45) is 1.14. The molecular formula is C24H27N5O7S. The van der Waals surface area contributed by atoms with Crippen molar-refractivity contribution in [3.63, 3.8) is 0 Å². The van der Waals surface area contributed by atoms with Crippen LogP contribution in [0.15, 0.2) is 47.1 Å². The number of sulfone groups is 1. The fraction of sp³-hybridized carbons (Fsp3) is 0.333. The highest BCUT2D eigenvalue weighted by atomic mass is 32.2. The Balaban J connectivity index is 1.79. The van der Waals surface area contributed by atoms with E-state index in [0.29, 0.717) is 28.7 Å². The number of aliphatic hydroxyl groups is 1. The summed E-state index contributed by atoms with van der Waals surface area (Å²) in [5, 5.41) is 18.0. The van der Waals surface area contributed by atoms with Crippen molar-refractivity contribution in [2.45, 2.75) is 31.0 Å². The highest BCUT2D eigenvalue weighted by molar-refractivity contribution is 7.91. The number of furan rings is 1. The third-order valence-electron chi connectivity index (χ3n) is 5.82. The van der Waals surface area contributed by atoms with E-state index in [1.165, 1.54) is 45.2 Å². The number of methoxy groups -OCH3 is 3. The van der Waals surface area contributed by atoms with Gasteiger partial charge in [0.25, 0.3) is 0 Å². The molecule has 0 aliphatic heterocycles. The van der Waals surface area contributed by atoms with E-state index in [4.69, 9.17) is 18.6 Å². The van der Waals surface area contributed by atoms with Crippen LogP contribution in [0, 0.1) is 6.92 Å². The Morgan fingerprint density at radius 1 is 1.00 bits per heavy atom. The van der Waals surface area contributed by atoms with Crippen LogP contribution in [0.5, 0.6) is 17.4 Å².